The lowest BCUT2D eigenvalue weighted by Gasteiger charge is -2.60. The molecular formula is C38H42Cl2N2O5. The van der Waals surface area contributed by atoms with Crippen LogP contribution in [0.3, 0.4) is 0 Å². The molecule has 0 radical (unpaired) electrons. The minimum Gasteiger partial charge on any atom is -0.504 e. The molecule has 9 heteroatoms. The molecule has 7 rings (SSSR count). The van der Waals surface area contributed by atoms with Crippen LogP contribution in [0.1, 0.15) is 65.7 Å². The molecule has 2 aliphatic heterocycles. The molecule has 1 spiro atoms. The smallest absolute Gasteiger partial charge is 0.227 e. The fraction of sp³-hybridized carbons (Fsp3) is 0.474. The number of rotatable bonds is 10. The Kier molecular flexibility index (Phi) is 8.79. The van der Waals surface area contributed by atoms with Crippen LogP contribution in [0, 0.1) is 11.8 Å². The van der Waals surface area contributed by atoms with E-state index in [0.717, 1.165) is 61.9 Å². The van der Waals surface area contributed by atoms with E-state index in [-0.39, 0.29) is 53.7 Å². The van der Waals surface area contributed by atoms with Gasteiger partial charge in [0.2, 0.25) is 5.91 Å². The number of aliphatic hydroxyl groups excluding tert-OH is 1. The van der Waals surface area contributed by atoms with Gasteiger partial charge in [0.25, 0.3) is 0 Å². The number of hydrogen-bond acceptors (Lipinski definition) is 6. The van der Waals surface area contributed by atoms with Crippen LogP contribution in [-0.4, -0.2) is 76.1 Å². The van der Waals surface area contributed by atoms with Crippen LogP contribution in [0.4, 0.5) is 0 Å². The molecule has 2 fully saturated rings. The Labute approximate surface area is 286 Å². The number of aromatic hydroxyl groups is 1. The highest BCUT2D eigenvalue weighted by Crippen LogP contribution is 2.65. The number of halogens is 2. The van der Waals surface area contributed by atoms with Crippen LogP contribution in [0.25, 0.3) is 0 Å². The fourth-order valence-corrected chi connectivity index (χ4v) is 9.55. The number of aliphatic hydroxyl groups is 1. The van der Waals surface area contributed by atoms with Gasteiger partial charge in [-0.3, -0.25) is 14.5 Å². The lowest BCUT2D eigenvalue weighted by molar-refractivity contribution is -0.142. The second-order valence-electron chi connectivity index (χ2n) is 14.2. The molecule has 47 heavy (non-hydrogen) atoms. The Morgan fingerprint density at radius 1 is 1.06 bits per heavy atom. The summed E-state index contributed by atoms with van der Waals surface area (Å²) in [4.78, 5) is 31.7. The number of nitrogens with zero attached hydrogens (tertiary/aromatic N) is 2. The normalized spacial score (nSPS) is 25.7. The molecule has 7 nitrogen and oxygen atoms in total. The van der Waals surface area contributed by atoms with Gasteiger partial charge >= 0.3 is 0 Å². The number of ether oxygens (including phenoxy) is 1. The summed E-state index contributed by atoms with van der Waals surface area (Å²) < 4.78 is 6.88. The van der Waals surface area contributed by atoms with Crippen LogP contribution in [0.2, 0.25) is 10.0 Å². The summed E-state index contributed by atoms with van der Waals surface area (Å²) in [7, 11) is 0. The van der Waals surface area contributed by atoms with Crippen LogP contribution in [-0.2, 0) is 29.5 Å². The number of likely N-dealkylation sites (tertiary alicyclic amines) is 1. The average molecular weight is 678 g/mol. The van der Waals surface area contributed by atoms with Crippen LogP contribution in [0.5, 0.6) is 11.5 Å². The van der Waals surface area contributed by atoms with Crippen molar-refractivity contribution in [2.45, 2.75) is 76.0 Å². The summed E-state index contributed by atoms with van der Waals surface area (Å²) in [5, 5.41) is 22.1. The molecule has 2 heterocycles. The number of Topliss-reactive ketones (excluding diaryl/α,β-unsaturated/α-hetero) is 1. The van der Waals surface area contributed by atoms with E-state index in [1.807, 2.05) is 17.0 Å². The number of amides is 1. The summed E-state index contributed by atoms with van der Waals surface area (Å²) in [5.41, 5.74) is 3.86. The zero-order valence-corrected chi connectivity index (χ0v) is 28.4. The molecule has 3 aromatic carbocycles. The Hall–Kier alpha value is -3.10. The van der Waals surface area contributed by atoms with Gasteiger partial charge in [-0.2, -0.15) is 0 Å². The standard InChI is InChI=1S/C38H42Cl2N2O5/c1-22(2)20-42(33(45)17-24-8-10-28(39)29(40)16-24)30-11-9-27-31-19-25-18-26(32(44)21-43)35(46)36-34(25)38(27,37(30)47-36)13-15-41(31)14-12-23-6-4-3-5-7-23/h3-8,10,16,18,22,27,30-31,37,43,46H,9,11-15,17,19-21H2,1-2H3/t27-,30?,31+,37?,38-/m0/s1. The van der Waals surface area contributed by atoms with Gasteiger partial charge in [-0.15, -0.1) is 0 Å². The summed E-state index contributed by atoms with van der Waals surface area (Å²) in [5.74, 6) is 0.172. The third kappa shape index (κ3) is 5.53. The number of ketones is 1. The minimum atomic E-state index is -0.691. The largest absolute Gasteiger partial charge is 0.504 e. The van der Waals surface area contributed by atoms with Crippen molar-refractivity contribution in [1.29, 1.82) is 0 Å². The molecule has 4 aliphatic rings. The van der Waals surface area contributed by atoms with Crippen molar-refractivity contribution in [3.05, 3.63) is 92.5 Å². The molecule has 5 atom stereocenters. The predicted octanol–water partition coefficient (Wildman–Crippen LogP) is 6.25. The molecule has 1 saturated heterocycles. The first-order valence-electron chi connectivity index (χ1n) is 16.8. The molecule has 248 valence electrons. The van der Waals surface area contributed by atoms with Gasteiger partial charge < -0.3 is 19.8 Å². The van der Waals surface area contributed by atoms with Crippen molar-refractivity contribution in [2.75, 3.05) is 26.2 Å². The summed E-state index contributed by atoms with van der Waals surface area (Å²) in [6.07, 6.45) is 4.09. The number of benzene rings is 3. The zero-order valence-electron chi connectivity index (χ0n) is 26.9. The average Bonchev–Trinajstić information content (AvgIpc) is 3.41. The quantitative estimate of drug-likeness (QED) is 0.247. The first-order chi connectivity index (χ1) is 22.6. The van der Waals surface area contributed by atoms with E-state index >= 15 is 0 Å². The number of hydrogen-bond donors (Lipinski definition) is 2. The van der Waals surface area contributed by atoms with Crippen molar-refractivity contribution < 1.29 is 24.5 Å². The molecule has 0 aromatic heterocycles. The van der Waals surface area contributed by atoms with E-state index in [9.17, 15) is 19.8 Å². The topological polar surface area (TPSA) is 90.3 Å². The maximum atomic E-state index is 14.2. The molecule has 1 saturated carbocycles. The zero-order chi connectivity index (χ0) is 33.0. The van der Waals surface area contributed by atoms with E-state index < -0.39 is 17.8 Å². The number of carbonyl (C=O) groups excluding carboxylic acids is 2. The monoisotopic (exact) mass is 676 g/mol. The van der Waals surface area contributed by atoms with Gasteiger partial charge in [-0.25, -0.2) is 0 Å². The van der Waals surface area contributed by atoms with E-state index in [2.05, 4.69) is 43.0 Å². The van der Waals surface area contributed by atoms with Crippen LogP contribution in [0.15, 0.2) is 54.6 Å². The van der Waals surface area contributed by atoms with Crippen molar-refractivity contribution >= 4 is 34.9 Å². The second kappa shape index (κ2) is 12.7. The highest BCUT2D eigenvalue weighted by atomic mass is 35.5. The molecule has 2 bridgehead atoms. The number of phenols is 1. The molecule has 2 unspecified atom stereocenters. The van der Waals surface area contributed by atoms with Crippen molar-refractivity contribution in [1.82, 2.24) is 9.80 Å². The first kappa shape index (κ1) is 32.4. The van der Waals surface area contributed by atoms with Crippen molar-refractivity contribution in [3.63, 3.8) is 0 Å². The Bertz CT molecular complexity index is 1700. The fourth-order valence-electron chi connectivity index (χ4n) is 9.23. The Balaban J connectivity index is 1.27. The predicted molar refractivity (Wildman–Crippen MR) is 183 cm³/mol. The number of carbonyl (C=O) groups is 2. The Morgan fingerprint density at radius 3 is 2.57 bits per heavy atom. The van der Waals surface area contributed by atoms with Gasteiger partial charge in [0.1, 0.15) is 12.7 Å². The van der Waals surface area contributed by atoms with Gasteiger partial charge in [-0.1, -0.05) is 73.4 Å². The molecule has 2 N–H and O–H groups in total. The first-order valence-corrected chi connectivity index (χ1v) is 17.6. The van der Waals surface area contributed by atoms with Crippen molar-refractivity contribution in [2.24, 2.45) is 11.8 Å². The molecule has 3 aromatic rings. The van der Waals surface area contributed by atoms with Gasteiger partial charge in [0, 0.05) is 30.1 Å². The highest BCUT2D eigenvalue weighted by molar-refractivity contribution is 6.42. The minimum absolute atomic E-state index is 0.00439. The van der Waals surface area contributed by atoms with Crippen molar-refractivity contribution in [3.8, 4) is 11.5 Å². The second-order valence-corrected chi connectivity index (χ2v) is 15.0. The van der Waals surface area contributed by atoms with E-state index in [4.69, 9.17) is 27.9 Å². The maximum absolute atomic E-state index is 14.2. The summed E-state index contributed by atoms with van der Waals surface area (Å²) in [6, 6.07) is 17.7. The van der Waals surface area contributed by atoms with E-state index in [1.54, 1.807) is 18.2 Å². The summed E-state index contributed by atoms with van der Waals surface area (Å²) >= 11 is 12.5. The van der Waals surface area contributed by atoms with Gasteiger partial charge in [-0.05, 0) is 85.4 Å². The van der Waals surface area contributed by atoms with Gasteiger partial charge in [0.15, 0.2) is 17.3 Å². The van der Waals surface area contributed by atoms with Crippen LogP contribution >= 0.6 is 23.2 Å². The molecular weight excluding hydrogens is 635 g/mol. The maximum Gasteiger partial charge on any atom is 0.227 e. The van der Waals surface area contributed by atoms with E-state index in [0.29, 0.717) is 22.3 Å². The number of phenolic OH excluding ortho intramolecular Hbond substituents is 1. The third-order valence-corrected chi connectivity index (χ3v) is 11.9. The molecule has 1 amide bonds. The Morgan fingerprint density at radius 2 is 1.85 bits per heavy atom. The molecule has 2 aliphatic carbocycles. The van der Waals surface area contributed by atoms with E-state index in [1.165, 1.54) is 5.56 Å². The van der Waals surface area contributed by atoms with Gasteiger partial charge in [0.05, 0.1) is 28.1 Å². The SMILES string of the molecule is CC(C)CN(C(=O)Cc1ccc(Cl)c(Cl)c1)C1CC[C@H]2[C@H]3Cc4cc(C(=O)CO)c(O)c5c4[C@@]2(CCN3CCc2ccccc2)C1O5. The lowest BCUT2D eigenvalue weighted by Crippen LogP contribution is -2.69. The number of piperidine rings is 1. The van der Waals surface area contributed by atoms with Crippen LogP contribution < -0.4 is 4.74 Å². The summed E-state index contributed by atoms with van der Waals surface area (Å²) in [6.45, 7) is 5.93. The third-order valence-electron chi connectivity index (χ3n) is 11.1. The highest BCUT2D eigenvalue weighted by Gasteiger charge is 2.66. The lowest BCUT2D eigenvalue weighted by atomic mass is 9.50.